The molecule has 0 saturated carbocycles. The highest BCUT2D eigenvalue weighted by Gasteiger charge is 2.43. The van der Waals surface area contributed by atoms with Crippen molar-refractivity contribution in [1.29, 1.82) is 0 Å². The van der Waals surface area contributed by atoms with Gasteiger partial charge in [0.1, 0.15) is 5.69 Å². The van der Waals surface area contributed by atoms with Gasteiger partial charge in [-0.25, -0.2) is 4.98 Å². The molecule has 114 valence electrons. The number of rotatable bonds is 4. The predicted molar refractivity (Wildman–Crippen MR) is 81.4 cm³/mol. The monoisotopic (exact) mass is 308 g/mol. The summed E-state index contributed by atoms with van der Waals surface area (Å²) in [5, 5.41) is 11.4. The molecule has 1 aliphatic rings. The Balaban J connectivity index is 2.18. The summed E-state index contributed by atoms with van der Waals surface area (Å²) in [7, 11) is 0. The highest BCUT2D eigenvalue weighted by Crippen LogP contribution is 2.35. The van der Waals surface area contributed by atoms with Gasteiger partial charge in [-0.2, -0.15) is 0 Å². The van der Waals surface area contributed by atoms with E-state index >= 15 is 0 Å². The number of hydrogen-bond donors (Lipinski definition) is 1. The van der Waals surface area contributed by atoms with Gasteiger partial charge in [-0.3, -0.25) is 9.59 Å². The number of amides is 1. The van der Waals surface area contributed by atoms with Gasteiger partial charge in [0.25, 0.3) is 5.91 Å². The van der Waals surface area contributed by atoms with Crippen LogP contribution < -0.4 is 0 Å². The van der Waals surface area contributed by atoms with Crippen LogP contribution in [0.1, 0.15) is 43.6 Å². The van der Waals surface area contributed by atoms with Crippen molar-refractivity contribution < 1.29 is 14.7 Å². The Morgan fingerprint density at radius 3 is 2.86 bits per heavy atom. The summed E-state index contributed by atoms with van der Waals surface area (Å²) in [4.78, 5) is 29.8. The van der Waals surface area contributed by atoms with E-state index < -0.39 is 11.4 Å². The molecule has 1 amide bonds. The molecule has 21 heavy (non-hydrogen) atoms. The first-order valence-electron chi connectivity index (χ1n) is 6.99. The predicted octanol–water partition coefficient (Wildman–Crippen LogP) is 2.81. The van der Waals surface area contributed by atoms with Crippen LogP contribution in [0, 0.1) is 5.41 Å². The number of piperidine rings is 1. The van der Waals surface area contributed by atoms with Crippen molar-refractivity contribution in [1.82, 2.24) is 9.88 Å². The molecule has 6 heteroatoms. The van der Waals surface area contributed by atoms with Gasteiger partial charge >= 0.3 is 5.97 Å². The molecule has 0 aliphatic carbocycles. The van der Waals surface area contributed by atoms with Gasteiger partial charge in [0, 0.05) is 18.5 Å². The van der Waals surface area contributed by atoms with Crippen molar-refractivity contribution >= 4 is 23.2 Å². The Bertz CT molecular complexity index is 549. The zero-order chi connectivity index (χ0) is 15.5. The summed E-state index contributed by atoms with van der Waals surface area (Å²) in [6, 6.07) is 0. The molecule has 2 rings (SSSR count). The zero-order valence-corrected chi connectivity index (χ0v) is 13.2. The Labute approximate surface area is 128 Å². The largest absolute Gasteiger partial charge is 0.481 e. The number of nitrogens with zero attached hydrogens (tertiary/aromatic N) is 2. The van der Waals surface area contributed by atoms with Crippen LogP contribution in [-0.4, -0.2) is 40.0 Å². The lowest BCUT2D eigenvalue weighted by Crippen LogP contribution is -2.49. The lowest BCUT2D eigenvalue weighted by Gasteiger charge is -2.39. The van der Waals surface area contributed by atoms with E-state index in [4.69, 9.17) is 0 Å². The van der Waals surface area contributed by atoms with Crippen molar-refractivity contribution in [2.24, 2.45) is 5.41 Å². The molecule has 1 aromatic rings. The van der Waals surface area contributed by atoms with Crippen LogP contribution in [0.15, 0.2) is 22.5 Å². The van der Waals surface area contributed by atoms with E-state index in [1.54, 1.807) is 15.8 Å². The lowest BCUT2D eigenvalue weighted by atomic mass is 9.76. The topological polar surface area (TPSA) is 70.5 Å². The minimum absolute atomic E-state index is 0.168. The fourth-order valence-corrected chi connectivity index (χ4v) is 3.14. The fraction of sp³-hybridized carbons (Fsp3) is 0.533. The first-order chi connectivity index (χ1) is 9.94. The number of carboxylic acids is 1. The molecule has 2 heterocycles. The van der Waals surface area contributed by atoms with E-state index in [0.29, 0.717) is 31.5 Å². The number of aliphatic carboxylic acids is 1. The molecule has 1 N–H and O–H groups in total. The summed E-state index contributed by atoms with van der Waals surface area (Å²) < 4.78 is 0. The zero-order valence-electron chi connectivity index (χ0n) is 12.3. The smallest absolute Gasteiger partial charge is 0.311 e. The number of hydrogen-bond acceptors (Lipinski definition) is 4. The van der Waals surface area contributed by atoms with E-state index in [0.717, 1.165) is 5.57 Å². The lowest BCUT2D eigenvalue weighted by molar-refractivity contribution is -0.151. The summed E-state index contributed by atoms with van der Waals surface area (Å²) in [5.74, 6) is -0.991. The highest BCUT2D eigenvalue weighted by molar-refractivity contribution is 7.07. The Morgan fingerprint density at radius 1 is 1.52 bits per heavy atom. The number of aromatic nitrogens is 1. The summed E-state index contributed by atoms with van der Waals surface area (Å²) in [6.45, 7) is 4.76. The van der Waals surface area contributed by atoms with Gasteiger partial charge in [0.2, 0.25) is 0 Å². The quantitative estimate of drug-likeness (QED) is 0.868. The molecule has 1 aliphatic heterocycles. The van der Waals surface area contributed by atoms with Crippen LogP contribution >= 0.6 is 11.3 Å². The second-order valence-electron chi connectivity index (χ2n) is 5.78. The molecule has 1 atom stereocenters. The minimum atomic E-state index is -0.874. The third-order valence-corrected chi connectivity index (χ3v) is 4.46. The highest BCUT2D eigenvalue weighted by atomic mass is 32.1. The van der Waals surface area contributed by atoms with E-state index in [-0.39, 0.29) is 12.5 Å². The van der Waals surface area contributed by atoms with Crippen molar-refractivity contribution in [2.45, 2.75) is 33.1 Å². The molecule has 5 nitrogen and oxygen atoms in total. The summed E-state index contributed by atoms with van der Waals surface area (Å²) >= 11 is 1.37. The van der Waals surface area contributed by atoms with Gasteiger partial charge in [-0.15, -0.1) is 11.3 Å². The molecular weight excluding hydrogens is 288 g/mol. The molecule has 0 spiro atoms. The molecule has 0 unspecified atom stereocenters. The maximum Gasteiger partial charge on any atom is 0.311 e. The van der Waals surface area contributed by atoms with Crippen LogP contribution in [0.3, 0.4) is 0 Å². The van der Waals surface area contributed by atoms with Gasteiger partial charge in [0.15, 0.2) is 0 Å². The van der Waals surface area contributed by atoms with Crippen LogP contribution in [0.25, 0.3) is 0 Å². The Kier molecular flexibility index (Phi) is 4.77. The van der Waals surface area contributed by atoms with E-state index in [1.807, 2.05) is 19.9 Å². The van der Waals surface area contributed by atoms with Crippen LogP contribution in [-0.2, 0) is 4.79 Å². The maximum atomic E-state index is 12.4. The van der Waals surface area contributed by atoms with Crippen molar-refractivity contribution in [3.63, 3.8) is 0 Å². The maximum absolute atomic E-state index is 12.4. The van der Waals surface area contributed by atoms with Crippen LogP contribution in [0.4, 0.5) is 0 Å². The number of carboxylic acid groups (broad SMARTS) is 1. The summed E-state index contributed by atoms with van der Waals surface area (Å²) in [5.41, 5.74) is 2.24. The molecule has 0 radical (unpaired) electrons. The standard InChI is InChI=1S/C15H20N2O3S/c1-11(2)4-6-15(14(19)20)5-3-7-17(9-15)13(18)12-8-21-10-16-12/h4,8,10H,3,5-7,9H2,1-2H3,(H,19,20)/t15-/m1/s1. The molecule has 1 fully saturated rings. The number of carbonyl (C=O) groups excluding carboxylic acids is 1. The van der Waals surface area contributed by atoms with Crippen LogP contribution in [0.2, 0.25) is 0 Å². The van der Waals surface area contributed by atoms with E-state index in [9.17, 15) is 14.7 Å². The van der Waals surface area contributed by atoms with Gasteiger partial charge < -0.3 is 10.0 Å². The molecule has 1 aromatic heterocycles. The number of likely N-dealkylation sites (tertiary alicyclic amines) is 1. The van der Waals surface area contributed by atoms with Crippen molar-refractivity contribution in [2.75, 3.05) is 13.1 Å². The first kappa shape index (κ1) is 15.7. The average molecular weight is 308 g/mol. The summed E-state index contributed by atoms with van der Waals surface area (Å²) in [6.07, 6.45) is 3.72. The molecule has 0 bridgehead atoms. The Morgan fingerprint density at radius 2 is 2.29 bits per heavy atom. The SMILES string of the molecule is CC(C)=CC[C@]1(C(=O)O)CCCN(C(=O)c2cscn2)C1. The van der Waals surface area contributed by atoms with Crippen molar-refractivity contribution in [3.05, 3.63) is 28.2 Å². The minimum Gasteiger partial charge on any atom is -0.481 e. The number of thiazole rings is 1. The molecule has 0 aromatic carbocycles. The Hall–Kier alpha value is -1.69. The van der Waals surface area contributed by atoms with Gasteiger partial charge in [-0.1, -0.05) is 11.6 Å². The third-order valence-electron chi connectivity index (χ3n) is 3.87. The normalized spacial score (nSPS) is 21.9. The van der Waals surface area contributed by atoms with Crippen molar-refractivity contribution in [3.8, 4) is 0 Å². The first-order valence-corrected chi connectivity index (χ1v) is 7.93. The third kappa shape index (κ3) is 3.50. The van der Waals surface area contributed by atoms with Gasteiger partial charge in [-0.05, 0) is 33.1 Å². The number of carbonyl (C=O) groups is 2. The number of allylic oxidation sites excluding steroid dienone is 2. The second-order valence-corrected chi connectivity index (χ2v) is 6.49. The van der Waals surface area contributed by atoms with E-state index in [2.05, 4.69) is 4.98 Å². The van der Waals surface area contributed by atoms with E-state index in [1.165, 1.54) is 11.3 Å². The fourth-order valence-electron chi connectivity index (χ4n) is 2.61. The van der Waals surface area contributed by atoms with Gasteiger partial charge in [0.05, 0.1) is 10.9 Å². The average Bonchev–Trinajstić information content (AvgIpc) is 2.98. The van der Waals surface area contributed by atoms with Crippen LogP contribution in [0.5, 0.6) is 0 Å². The second kappa shape index (κ2) is 6.39. The molecule has 1 saturated heterocycles. The molecular formula is C15H20N2O3S.